The molecule has 1 aromatic heterocycles. The number of nitrogens with zero attached hydrogens (tertiary/aromatic N) is 2. The number of β-lactam (4-membered cyclic amide) rings is 1. The normalized spacial score (nSPS) is 18.1. The van der Waals surface area contributed by atoms with Crippen molar-refractivity contribution in [3.05, 3.63) is 56.7 Å². The molecular weight excluding hydrogens is 348 g/mol. The highest BCUT2D eigenvalue weighted by molar-refractivity contribution is 9.10. The molecule has 3 rings (SSSR count). The second-order valence-electron chi connectivity index (χ2n) is 5.38. The van der Waals surface area contributed by atoms with E-state index in [9.17, 15) is 4.79 Å². The summed E-state index contributed by atoms with van der Waals surface area (Å²) in [5, 5.41) is 2.09. The molecule has 1 amide bonds. The lowest BCUT2D eigenvalue weighted by Gasteiger charge is -2.42. The molecule has 110 valence electrons. The van der Waals surface area contributed by atoms with Gasteiger partial charge in [-0.3, -0.25) is 9.69 Å². The molecule has 1 atom stereocenters. The zero-order valence-electron chi connectivity index (χ0n) is 11.8. The summed E-state index contributed by atoms with van der Waals surface area (Å²) in [5.74, 6) is 0.239. The average molecular weight is 365 g/mol. The van der Waals surface area contributed by atoms with Crippen molar-refractivity contribution in [2.24, 2.45) is 0 Å². The average Bonchev–Trinajstić information content (AvgIpc) is 2.88. The van der Waals surface area contributed by atoms with Gasteiger partial charge in [0.2, 0.25) is 5.91 Å². The minimum absolute atomic E-state index is 0.233. The molecule has 0 spiro atoms. The van der Waals surface area contributed by atoms with Gasteiger partial charge in [0.25, 0.3) is 0 Å². The molecule has 0 aliphatic carbocycles. The van der Waals surface area contributed by atoms with Gasteiger partial charge in [0.05, 0.1) is 19.1 Å². The molecule has 1 saturated heterocycles. The Morgan fingerprint density at radius 3 is 2.76 bits per heavy atom. The third-order valence-electron chi connectivity index (χ3n) is 3.69. The van der Waals surface area contributed by atoms with Crippen LogP contribution >= 0.6 is 27.3 Å². The summed E-state index contributed by atoms with van der Waals surface area (Å²) in [4.78, 5) is 17.3. The Labute approximate surface area is 137 Å². The highest BCUT2D eigenvalue weighted by atomic mass is 79.9. The molecule has 0 radical (unpaired) electrons. The second kappa shape index (κ2) is 6.30. The molecule has 0 N–H and O–H groups in total. The van der Waals surface area contributed by atoms with Crippen LogP contribution < -0.4 is 0 Å². The van der Waals surface area contributed by atoms with Gasteiger partial charge in [-0.25, -0.2) is 0 Å². The van der Waals surface area contributed by atoms with E-state index in [1.807, 2.05) is 23.1 Å². The van der Waals surface area contributed by atoms with E-state index in [2.05, 4.69) is 51.5 Å². The number of likely N-dealkylation sites (tertiary alicyclic amines) is 1. The molecule has 1 aliphatic rings. The number of carbonyl (C=O) groups is 1. The van der Waals surface area contributed by atoms with Crippen LogP contribution in [0.2, 0.25) is 0 Å². The Bertz CT molecular complexity index is 628. The van der Waals surface area contributed by atoms with Crippen LogP contribution in [0.15, 0.2) is 46.3 Å². The number of halogens is 1. The zero-order valence-corrected chi connectivity index (χ0v) is 14.2. The summed E-state index contributed by atoms with van der Waals surface area (Å²) in [6.45, 7) is 1.54. The second-order valence-corrected chi connectivity index (χ2v) is 7.29. The Morgan fingerprint density at radius 2 is 2.14 bits per heavy atom. The standard InChI is InChI=1S/C16H17BrN2OS/c1-18(9-14-7-13(17)10-21-14)11-19-15(8-16(19)20)12-5-3-2-4-6-12/h2-7,10,15H,8-9,11H2,1H3. The minimum atomic E-state index is 0.233. The van der Waals surface area contributed by atoms with Crippen LogP contribution in [0.25, 0.3) is 0 Å². The molecule has 1 unspecified atom stereocenters. The number of hydrogen-bond donors (Lipinski definition) is 0. The summed E-state index contributed by atoms with van der Waals surface area (Å²) >= 11 is 5.21. The van der Waals surface area contributed by atoms with Crippen LogP contribution in [-0.2, 0) is 11.3 Å². The van der Waals surface area contributed by atoms with Crippen LogP contribution in [0.5, 0.6) is 0 Å². The van der Waals surface area contributed by atoms with Gasteiger partial charge >= 0.3 is 0 Å². The highest BCUT2D eigenvalue weighted by Gasteiger charge is 2.37. The van der Waals surface area contributed by atoms with E-state index in [4.69, 9.17) is 0 Å². The van der Waals surface area contributed by atoms with Crippen molar-refractivity contribution in [2.75, 3.05) is 13.7 Å². The van der Waals surface area contributed by atoms with E-state index >= 15 is 0 Å². The SMILES string of the molecule is CN(Cc1cc(Br)cs1)CN1C(=O)CC1c1ccccc1. The first-order chi connectivity index (χ1) is 10.1. The molecule has 3 nitrogen and oxygen atoms in total. The Balaban J connectivity index is 1.62. The molecule has 0 bridgehead atoms. The zero-order chi connectivity index (χ0) is 14.8. The van der Waals surface area contributed by atoms with E-state index in [0.29, 0.717) is 13.1 Å². The molecule has 2 aromatic rings. The molecule has 2 heterocycles. The lowest BCUT2D eigenvalue weighted by molar-refractivity contribution is -0.149. The maximum atomic E-state index is 11.9. The number of carbonyl (C=O) groups excluding carboxylic acids is 1. The van der Waals surface area contributed by atoms with E-state index < -0.39 is 0 Å². The fraction of sp³-hybridized carbons (Fsp3) is 0.312. The van der Waals surface area contributed by atoms with Gasteiger partial charge in [0, 0.05) is 21.3 Å². The lowest BCUT2D eigenvalue weighted by Crippen LogP contribution is -2.50. The van der Waals surface area contributed by atoms with Crippen molar-refractivity contribution >= 4 is 33.2 Å². The molecule has 1 aliphatic heterocycles. The molecule has 5 heteroatoms. The Kier molecular flexibility index (Phi) is 4.42. The van der Waals surface area contributed by atoms with Crippen molar-refractivity contribution < 1.29 is 4.79 Å². The van der Waals surface area contributed by atoms with Gasteiger partial charge in [0.15, 0.2) is 0 Å². The van der Waals surface area contributed by atoms with Crippen LogP contribution in [0.4, 0.5) is 0 Å². The molecule has 21 heavy (non-hydrogen) atoms. The molecule has 0 saturated carbocycles. The van der Waals surface area contributed by atoms with Crippen LogP contribution in [0.3, 0.4) is 0 Å². The van der Waals surface area contributed by atoms with Gasteiger partial charge in [-0.1, -0.05) is 30.3 Å². The van der Waals surface area contributed by atoms with Gasteiger partial charge in [-0.15, -0.1) is 11.3 Å². The number of benzene rings is 1. The topological polar surface area (TPSA) is 23.6 Å². The Morgan fingerprint density at radius 1 is 1.38 bits per heavy atom. The lowest BCUT2D eigenvalue weighted by atomic mass is 9.94. The number of amides is 1. The summed E-state index contributed by atoms with van der Waals surface area (Å²) in [7, 11) is 2.06. The van der Waals surface area contributed by atoms with Crippen LogP contribution in [0, 0.1) is 0 Å². The quantitative estimate of drug-likeness (QED) is 0.751. The monoisotopic (exact) mass is 364 g/mol. The van der Waals surface area contributed by atoms with Gasteiger partial charge in [-0.2, -0.15) is 0 Å². The summed E-state index contributed by atoms with van der Waals surface area (Å²) < 4.78 is 1.12. The number of hydrogen-bond acceptors (Lipinski definition) is 3. The van der Waals surface area contributed by atoms with Crippen molar-refractivity contribution in [1.82, 2.24) is 9.80 Å². The first kappa shape index (κ1) is 14.8. The number of thiophene rings is 1. The third-order valence-corrected chi connectivity index (χ3v) is 5.37. The van der Waals surface area contributed by atoms with Crippen molar-refractivity contribution in [3.8, 4) is 0 Å². The minimum Gasteiger partial charge on any atom is -0.322 e. The van der Waals surface area contributed by atoms with Crippen molar-refractivity contribution in [2.45, 2.75) is 19.0 Å². The maximum Gasteiger partial charge on any atom is 0.226 e. The van der Waals surface area contributed by atoms with E-state index in [1.165, 1.54) is 10.4 Å². The maximum absolute atomic E-state index is 11.9. The summed E-state index contributed by atoms with van der Waals surface area (Å²) in [5.41, 5.74) is 1.23. The first-order valence-electron chi connectivity index (χ1n) is 6.89. The predicted octanol–water partition coefficient (Wildman–Crippen LogP) is 3.87. The largest absolute Gasteiger partial charge is 0.322 e. The van der Waals surface area contributed by atoms with Gasteiger partial charge in [0.1, 0.15) is 0 Å². The Hall–Kier alpha value is -1.17. The van der Waals surface area contributed by atoms with E-state index in [-0.39, 0.29) is 11.9 Å². The van der Waals surface area contributed by atoms with Crippen molar-refractivity contribution in [3.63, 3.8) is 0 Å². The summed E-state index contributed by atoms with van der Waals surface area (Å²) in [6, 6.07) is 12.6. The van der Waals surface area contributed by atoms with Gasteiger partial charge < -0.3 is 4.90 Å². The molecule has 1 aromatic carbocycles. The fourth-order valence-corrected chi connectivity index (χ4v) is 4.15. The predicted molar refractivity (Wildman–Crippen MR) is 89.0 cm³/mol. The molecule has 1 fully saturated rings. The van der Waals surface area contributed by atoms with E-state index in [0.717, 1.165) is 11.0 Å². The van der Waals surface area contributed by atoms with Crippen molar-refractivity contribution in [1.29, 1.82) is 0 Å². The van der Waals surface area contributed by atoms with Gasteiger partial charge in [-0.05, 0) is 34.6 Å². The van der Waals surface area contributed by atoms with Crippen LogP contribution in [0.1, 0.15) is 22.9 Å². The smallest absolute Gasteiger partial charge is 0.226 e. The first-order valence-corrected chi connectivity index (χ1v) is 8.56. The van der Waals surface area contributed by atoms with E-state index in [1.54, 1.807) is 11.3 Å². The summed E-state index contributed by atoms with van der Waals surface area (Å²) in [6.07, 6.45) is 0.627. The third kappa shape index (κ3) is 3.36. The molecular formula is C16H17BrN2OS. The number of rotatable bonds is 5. The highest BCUT2D eigenvalue weighted by Crippen LogP contribution is 2.34. The van der Waals surface area contributed by atoms with Crippen LogP contribution in [-0.4, -0.2) is 29.4 Å². The fourth-order valence-electron chi connectivity index (χ4n) is 2.62.